The maximum Gasteiger partial charge on any atom is 0.407 e. The lowest BCUT2D eigenvalue weighted by molar-refractivity contribution is -0.384. The molecule has 0 atom stereocenters. The smallest absolute Gasteiger partial charge is 0.407 e. The number of alkyl carbamates (subject to hydrolysis) is 1. The van der Waals surface area contributed by atoms with Gasteiger partial charge < -0.3 is 15.4 Å². The molecule has 7 heteroatoms. The molecule has 0 aliphatic heterocycles. The van der Waals surface area contributed by atoms with Crippen LogP contribution in [0.5, 0.6) is 0 Å². The van der Waals surface area contributed by atoms with E-state index in [-0.39, 0.29) is 11.1 Å². The normalized spacial score (nSPS) is 11.7. The van der Waals surface area contributed by atoms with Crippen molar-refractivity contribution in [3.8, 4) is 0 Å². The molecule has 0 saturated heterocycles. The zero-order chi connectivity index (χ0) is 17.7. The summed E-state index contributed by atoms with van der Waals surface area (Å²) in [7, 11) is 0. The van der Waals surface area contributed by atoms with Gasteiger partial charge in [-0.2, -0.15) is 0 Å². The van der Waals surface area contributed by atoms with Crippen LogP contribution in [-0.4, -0.2) is 29.7 Å². The largest absolute Gasteiger partial charge is 0.444 e. The molecule has 1 rings (SSSR count). The van der Waals surface area contributed by atoms with E-state index in [0.717, 1.165) is 0 Å². The maximum atomic E-state index is 11.7. The summed E-state index contributed by atoms with van der Waals surface area (Å²) in [5.74, 6) is 0. The van der Waals surface area contributed by atoms with Crippen molar-refractivity contribution in [2.24, 2.45) is 5.41 Å². The Bertz CT molecular complexity index is 565. The summed E-state index contributed by atoms with van der Waals surface area (Å²) < 4.78 is 5.19. The molecular weight excluding hydrogens is 298 g/mol. The highest BCUT2D eigenvalue weighted by Gasteiger charge is 2.23. The van der Waals surface area contributed by atoms with E-state index in [4.69, 9.17) is 4.74 Å². The van der Waals surface area contributed by atoms with Crippen LogP contribution >= 0.6 is 0 Å². The molecule has 23 heavy (non-hydrogen) atoms. The molecule has 0 aliphatic rings. The fourth-order valence-corrected chi connectivity index (χ4v) is 1.80. The van der Waals surface area contributed by atoms with Crippen molar-refractivity contribution < 1.29 is 14.5 Å². The fourth-order valence-electron chi connectivity index (χ4n) is 1.80. The third kappa shape index (κ3) is 6.99. The zero-order valence-corrected chi connectivity index (χ0v) is 14.3. The van der Waals surface area contributed by atoms with E-state index in [9.17, 15) is 14.9 Å². The van der Waals surface area contributed by atoms with Crippen molar-refractivity contribution in [1.82, 2.24) is 5.32 Å². The summed E-state index contributed by atoms with van der Waals surface area (Å²) in [6.07, 6.45) is -0.476. The minimum absolute atomic E-state index is 0.0309. The van der Waals surface area contributed by atoms with Gasteiger partial charge in [0.2, 0.25) is 0 Å². The van der Waals surface area contributed by atoms with Crippen LogP contribution in [0.2, 0.25) is 0 Å². The number of ether oxygens (including phenoxy) is 1. The Balaban J connectivity index is 2.56. The number of nitrogens with zero attached hydrogens (tertiary/aromatic N) is 1. The van der Waals surface area contributed by atoms with Gasteiger partial charge in [-0.25, -0.2) is 4.79 Å². The Morgan fingerprint density at radius 2 is 1.78 bits per heavy atom. The number of amides is 1. The molecule has 1 aromatic rings. The van der Waals surface area contributed by atoms with Gasteiger partial charge in [0.1, 0.15) is 11.3 Å². The van der Waals surface area contributed by atoms with Crippen LogP contribution in [0.3, 0.4) is 0 Å². The predicted octanol–water partition coefficient (Wildman–Crippen LogP) is 3.56. The molecule has 0 saturated carbocycles. The number of hydrogen-bond acceptors (Lipinski definition) is 5. The van der Waals surface area contributed by atoms with Crippen LogP contribution in [0.25, 0.3) is 0 Å². The van der Waals surface area contributed by atoms with Gasteiger partial charge in [-0.1, -0.05) is 26.0 Å². The molecule has 0 heterocycles. The number of nitro benzene ring substituents is 1. The molecule has 0 bridgehead atoms. The average Bonchev–Trinajstić information content (AvgIpc) is 2.42. The Hall–Kier alpha value is -2.31. The summed E-state index contributed by atoms with van der Waals surface area (Å²) in [6.45, 7) is 10.1. The number of anilines is 1. The summed E-state index contributed by atoms with van der Waals surface area (Å²) in [5.41, 5.74) is -0.358. The van der Waals surface area contributed by atoms with E-state index in [0.29, 0.717) is 18.8 Å². The number of hydrogen-bond donors (Lipinski definition) is 2. The molecule has 1 aromatic carbocycles. The van der Waals surface area contributed by atoms with Gasteiger partial charge in [0.05, 0.1) is 4.92 Å². The van der Waals surface area contributed by atoms with Crippen molar-refractivity contribution in [2.75, 3.05) is 18.4 Å². The number of nitrogens with one attached hydrogen (secondary N) is 2. The van der Waals surface area contributed by atoms with Crippen molar-refractivity contribution in [3.63, 3.8) is 0 Å². The number of para-hydroxylation sites is 2. The van der Waals surface area contributed by atoms with E-state index in [1.54, 1.807) is 39.0 Å². The van der Waals surface area contributed by atoms with Crippen molar-refractivity contribution >= 4 is 17.5 Å². The molecular formula is C16H25N3O4. The fraction of sp³-hybridized carbons (Fsp3) is 0.562. The van der Waals surface area contributed by atoms with E-state index in [1.165, 1.54) is 6.07 Å². The van der Waals surface area contributed by atoms with Crippen LogP contribution in [0.1, 0.15) is 34.6 Å². The first-order valence-electron chi connectivity index (χ1n) is 7.44. The SMILES string of the molecule is CC(C)(CNC(=O)OC(C)(C)C)CNc1ccccc1[N+](=O)[O-]. The minimum atomic E-state index is -0.545. The summed E-state index contributed by atoms with van der Waals surface area (Å²) >= 11 is 0. The lowest BCUT2D eigenvalue weighted by Crippen LogP contribution is -2.40. The highest BCUT2D eigenvalue weighted by molar-refractivity contribution is 5.67. The van der Waals surface area contributed by atoms with Crippen molar-refractivity contribution in [2.45, 2.75) is 40.2 Å². The molecule has 1 amide bonds. The first kappa shape index (κ1) is 18.7. The molecule has 0 fully saturated rings. The average molecular weight is 323 g/mol. The van der Waals surface area contributed by atoms with E-state index < -0.39 is 16.6 Å². The Morgan fingerprint density at radius 3 is 2.35 bits per heavy atom. The predicted molar refractivity (Wildman–Crippen MR) is 89.6 cm³/mol. The first-order valence-corrected chi connectivity index (χ1v) is 7.44. The van der Waals surface area contributed by atoms with Gasteiger partial charge in [-0.15, -0.1) is 0 Å². The van der Waals surface area contributed by atoms with E-state index >= 15 is 0 Å². The lowest BCUT2D eigenvalue weighted by atomic mass is 9.93. The number of carbonyl (C=O) groups is 1. The second-order valence-electron chi connectivity index (χ2n) is 7.15. The van der Waals surface area contributed by atoms with E-state index in [1.807, 2.05) is 13.8 Å². The lowest BCUT2D eigenvalue weighted by Gasteiger charge is -2.27. The second kappa shape index (κ2) is 7.30. The number of benzene rings is 1. The molecule has 0 aromatic heterocycles. The topological polar surface area (TPSA) is 93.5 Å². The molecule has 7 nitrogen and oxygen atoms in total. The van der Waals surface area contributed by atoms with Gasteiger partial charge in [0.15, 0.2) is 0 Å². The van der Waals surface area contributed by atoms with Crippen LogP contribution in [0, 0.1) is 15.5 Å². The minimum Gasteiger partial charge on any atom is -0.444 e. The highest BCUT2D eigenvalue weighted by atomic mass is 16.6. The number of nitro groups is 1. The third-order valence-electron chi connectivity index (χ3n) is 2.97. The summed E-state index contributed by atoms with van der Waals surface area (Å²) in [5, 5.41) is 16.8. The third-order valence-corrected chi connectivity index (χ3v) is 2.97. The van der Waals surface area contributed by atoms with Crippen molar-refractivity contribution in [3.05, 3.63) is 34.4 Å². The Morgan fingerprint density at radius 1 is 1.17 bits per heavy atom. The highest BCUT2D eigenvalue weighted by Crippen LogP contribution is 2.25. The summed E-state index contributed by atoms with van der Waals surface area (Å²) in [4.78, 5) is 22.2. The van der Waals surface area contributed by atoms with Crippen LogP contribution in [0.15, 0.2) is 24.3 Å². The molecule has 0 spiro atoms. The first-order chi connectivity index (χ1) is 10.5. The second-order valence-corrected chi connectivity index (χ2v) is 7.15. The maximum absolute atomic E-state index is 11.7. The Labute approximate surface area is 136 Å². The van der Waals surface area contributed by atoms with Crippen LogP contribution in [-0.2, 0) is 4.74 Å². The molecule has 0 aliphatic carbocycles. The quantitative estimate of drug-likeness (QED) is 0.616. The van der Waals surface area contributed by atoms with E-state index in [2.05, 4.69) is 10.6 Å². The van der Waals surface area contributed by atoms with Gasteiger partial charge in [0, 0.05) is 19.2 Å². The molecule has 128 valence electrons. The van der Waals surface area contributed by atoms with Gasteiger partial charge in [0.25, 0.3) is 5.69 Å². The molecule has 2 N–H and O–H groups in total. The zero-order valence-electron chi connectivity index (χ0n) is 14.3. The number of rotatable bonds is 6. The van der Waals surface area contributed by atoms with Gasteiger partial charge in [-0.3, -0.25) is 10.1 Å². The monoisotopic (exact) mass is 323 g/mol. The summed E-state index contributed by atoms with van der Waals surface area (Å²) in [6, 6.07) is 6.48. The standard InChI is InChI=1S/C16H25N3O4/c1-15(2,3)23-14(20)18-11-16(4,5)10-17-12-8-6-7-9-13(12)19(21)22/h6-9,17H,10-11H2,1-5H3,(H,18,20). The number of carbonyl (C=O) groups excluding carboxylic acids is 1. The van der Waals surface area contributed by atoms with Crippen LogP contribution in [0.4, 0.5) is 16.2 Å². The van der Waals surface area contributed by atoms with Gasteiger partial charge >= 0.3 is 6.09 Å². The molecule has 0 unspecified atom stereocenters. The van der Waals surface area contributed by atoms with Gasteiger partial charge in [-0.05, 0) is 32.3 Å². The Kier molecular flexibility index (Phi) is 5.95. The molecule has 0 radical (unpaired) electrons. The van der Waals surface area contributed by atoms with Crippen molar-refractivity contribution in [1.29, 1.82) is 0 Å². The van der Waals surface area contributed by atoms with Crippen LogP contribution < -0.4 is 10.6 Å².